The van der Waals surface area contributed by atoms with Crippen molar-refractivity contribution in [2.75, 3.05) is 30.8 Å². The number of carbonyl (C=O) groups excluding carboxylic acids is 1. The van der Waals surface area contributed by atoms with Crippen LogP contribution in [-0.4, -0.2) is 25.7 Å². The quantitative estimate of drug-likeness (QED) is 0.684. The number of carbonyl (C=O) groups is 1. The molecule has 0 radical (unpaired) electrons. The van der Waals surface area contributed by atoms with E-state index >= 15 is 0 Å². The highest BCUT2D eigenvalue weighted by molar-refractivity contribution is 5.98. The SMILES string of the molecule is NC(=O)c1cc(NCCC2CCOC2)ccc1N. The summed E-state index contributed by atoms with van der Waals surface area (Å²) in [7, 11) is 0. The van der Waals surface area contributed by atoms with Crippen molar-refractivity contribution in [1.82, 2.24) is 0 Å². The Hall–Kier alpha value is -1.75. The van der Waals surface area contributed by atoms with Crippen LogP contribution in [-0.2, 0) is 4.74 Å². The molecule has 5 N–H and O–H groups in total. The number of hydrogen-bond donors (Lipinski definition) is 3. The fraction of sp³-hybridized carbons (Fsp3) is 0.462. The third-order valence-corrected chi connectivity index (χ3v) is 3.22. The minimum atomic E-state index is -0.500. The van der Waals surface area contributed by atoms with E-state index < -0.39 is 5.91 Å². The number of anilines is 2. The third-order valence-electron chi connectivity index (χ3n) is 3.22. The minimum Gasteiger partial charge on any atom is -0.398 e. The summed E-state index contributed by atoms with van der Waals surface area (Å²) in [5.74, 6) is 0.141. The molecule has 5 heteroatoms. The predicted octanol–water partition coefficient (Wildman–Crippen LogP) is 1.21. The Morgan fingerprint density at radius 3 is 3.00 bits per heavy atom. The Morgan fingerprint density at radius 2 is 2.33 bits per heavy atom. The van der Waals surface area contributed by atoms with Gasteiger partial charge in [-0.2, -0.15) is 0 Å². The molecule has 18 heavy (non-hydrogen) atoms. The highest BCUT2D eigenvalue weighted by Gasteiger charge is 2.14. The van der Waals surface area contributed by atoms with Crippen LogP contribution >= 0.6 is 0 Å². The molecule has 1 amide bonds. The van der Waals surface area contributed by atoms with Crippen LogP contribution in [0.1, 0.15) is 23.2 Å². The third kappa shape index (κ3) is 3.13. The molecular formula is C13H19N3O2. The summed E-state index contributed by atoms with van der Waals surface area (Å²) in [4.78, 5) is 11.2. The Balaban J connectivity index is 1.88. The molecule has 0 bridgehead atoms. The van der Waals surface area contributed by atoms with Crippen molar-refractivity contribution in [3.05, 3.63) is 23.8 Å². The second kappa shape index (κ2) is 5.73. The number of amides is 1. The zero-order valence-corrected chi connectivity index (χ0v) is 10.3. The van der Waals surface area contributed by atoms with Crippen LogP contribution in [0.3, 0.4) is 0 Å². The molecule has 1 aromatic carbocycles. The average molecular weight is 249 g/mol. The second-order valence-electron chi connectivity index (χ2n) is 4.61. The smallest absolute Gasteiger partial charge is 0.250 e. The standard InChI is InChI=1S/C13H19N3O2/c14-12-2-1-10(7-11(12)13(15)17)16-5-3-9-4-6-18-8-9/h1-2,7,9,16H,3-6,8,14H2,(H2,15,17). The van der Waals surface area contributed by atoms with Crippen LogP contribution in [0.15, 0.2) is 18.2 Å². The topological polar surface area (TPSA) is 90.4 Å². The van der Waals surface area contributed by atoms with Crippen LogP contribution < -0.4 is 16.8 Å². The molecule has 1 saturated heterocycles. The predicted molar refractivity (Wildman–Crippen MR) is 71.4 cm³/mol. The zero-order chi connectivity index (χ0) is 13.0. The van der Waals surface area contributed by atoms with E-state index in [1.54, 1.807) is 12.1 Å². The Kier molecular flexibility index (Phi) is 4.04. The maximum absolute atomic E-state index is 11.2. The van der Waals surface area contributed by atoms with E-state index in [0.717, 1.165) is 38.3 Å². The summed E-state index contributed by atoms with van der Waals surface area (Å²) < 4.78 is 5.32. The van der Waals surface area contributed by atoms with E-state index in [-0.39, 0.29) is 0 Å². The normalized spacial score (nSPS) is 18.8. The Bertz CT molecular complexity index is 428. The monoisotopic (exact) mass is 249 g/mol. The first-order chi connectivity index (χ1) is 8.66. The van der Waals surface area contributed by atoms with Gasteiger partial charge in [0, 0.05) is 31.1 Å². The van der Waals surface area contributed by atoms with E-state index in [1.165, 1.54) is 0 Å². The highest BCUT2D eigenvalue weighted by atomic mass is 16.5. The number of nitrogen functional groups attached to an aromatic ring is 1. The summed E-state index contributed by atoms with van der Waals surface area (Å²) in [6, 6.07) is 5.25. The molecule has 1 aliphatic rings. The van der Waals surface area contributed by atoms with Gasteiger partial charge >= 0.3 is 0 Å². The molecule has 1 unspecified atom stereocenters. The fourth-order valence-corrected chi connectivity index (χ4v) is 2.11. The van der Waals surface area contributed by atoms with Crippen molar-refractivity contribution in [2.24, 2.45) is 11.7 Å². The van der Waals surface area contributed by atoms with E-state index in [9.17, 15) is 4.79 Å². The molecule has 0 aliphatic carbocycles. The lowest BCUT2D eigenvalue weighted by Crippen LogP contribution is -2.14. The van der Waals surface area contributed by atoms with Crippen molar-refractivity contribution < 1.29 is 9.53 Å². The van der Waals surface area contributed by atoms with E-state index in [1.807, 2.05) is 6.07 Å². The zero-order valence-electron chi connectivity index (χ0n) is 10.3. The number of hydrogen-bond acceptors (Lipinski definition) is 4. The number of ether oxygens (including phenoxy) is 1. The van der Waals surface area contributed by atoms with E-state index in [4.69, 9.17) is 16.2 Å². The molecule has 1 aliphatic heterocycles. The molecule has 5 nitrogen and oxygen atoms in total. The fourth-order valence-electron chi connectivity index (χ4n) is 2.11. The average Bonchev–Trinajstić information content (AvgIpc) is 2.84. The van der Waals surface area contributed by atoms with Gasteiger partial charge in [0.1, 0.15) is 0 Å². The van der Waals surface area contributed by atoms with E-state index in [2.05, 4.69) is 5.32 Å². The molecule has 0 spiro atoms. The van der Waals surface area contributed by atoms with Gasteiger partial charge in [0.25, 0.3) is 5.91 Å². The van der Waals surface area contributed by atoms with Crippen molar-refractivity contribution in [2.45, 2.75) is 12.8 Å². The molecule has 1 atom stereocenters. The number of nitrogens with one attached hydrogen (secondary N) is 1. The van der Waals surface area contributed by atoms with Crippen LogP contribution in [0.25, 0.3) is 0 Å². The first-order valence-electron chi connectivity index (χ1n) is 6.18. The maximum Gasteiger partial charge on any atom is 0.250 e. The van der Waals surface area contributed by atoms with Crippen LogP contribution in [0, 0.1) is 5.92 Å². The van der Waals surface area contributed by atoms with Crippen LogP contribution in [0.4, 0.5) is 11.4 Å². The van der Waals surface area contributed by atoms with Crippen LogP contribution in [0.2, 0.25) is 0 Å². The first kappa shape index (κ1) is 12.7. The summed E-state index contributed by atoms with van der Waals surface area (Å²) >= 11 is 0. The summed E-state index contributed by atoms with van der Waals surface area (Å²) in [6.45, 7) is 2.59. The van der Waals surface area contributed by atoms with E-state index in [0.29, 0.717) is 17.2 Å². The maximum atomic E-state index is 11.2. The lowest BCUT2D eigenvalue weighted by molar-refractivity contribution is 0.100. The van der Waals surface area contributed by atoms with Crippen LogP contribution in [0.5, 0.6) is 0 Å². The molecule has 2 rings (SSSR count). The van der Waals surface area contributed by atoms with Crippen molar-refractivity contribution >= 4 is 17.3 Å². The second-order valence-corrected chi connectivity index (χ2v) is 4.61. The van der Waals surface area contributed by atoms with Crippen molar-refractivity contribution in [1.29, 1.82) is 0 Å². The summed E-state index contributed by atoms with van der Waals surface area (Å²) in [5, 5.41) is 3.28. The van der Waals surface area contributed by atoms with Gasteiger partial charge in [-0.25, -0.2) is 0 Å². The molecule has 1 aromatic rings. The van der Waals surface area contributed by atoms with Crippen molar-refractivity contribution in [3.8, 4) is 0 Å². The highest BCUT2D eigenvalue weighted by Crippen LogP contribution is 2.19. The molecular weight excluding hydrogens is 230 g/mol. The molecule has 1 fully saturated rings. The first-order valence-corrected chi connectivity index (χ1v) is 6.18. The van der Waals surface area contributed by atoms with Gasteiger partial charge in [-0.1, -0.05) is 0 Å². The Labute approximate surface area is 106 Å². The van der Waals surface area contributed by atoms with Gasteiger partial charge in [0.15, 0.2) is 0 Å². The molecule has 0 saturated carbocycles. The van der Waals surface area contributed by atoms with Gasteiger partial charge in [0.05, 0.1) is 5.56 Å². The lowest BCUT2D eigenvalue weighted by Gasteiger charge is -2.11. The van der Waals surface area contributed by atoms with Gasteiger partial charge < -0.3 is 21.5 Å². The number of nitrogens with two attached hydrogens (primary N) is 2. The number of primary amides is 1. The molecule has 1 heterocycles. The van der Waals surface area contributed by atoms with Gasteiger partial charge in [0.2, 0.25) is 0 Å². The Morgan fingerprint density at radius 1 is 1.50 bits per heavy atom. The largest absolute Gasteiger partial charge is 0.398 e. The van der Waals surface area contributed by atoms with Crippen molar-refractivity contribution in [3.63, 3.8) is 0 Å². The molecule has 0 aromatic heterocycles. The lowest BCUT2D eigenvalue weighted by atomic mass is 10.1. The summed E-state index contributed by atoms with van der Waals surface area (Å²) in [5.41, 5.74) is 12.6. The molecule has 98 valence electrons. The van der Waals surface area contributed by atoms with Gasteiger partial charge in [-0.3, -0.25) is 4.79 Å². The van der Waals surface area contributed by atoms with Gasteiger partial charge in [-0.15, -0.1) is 0 Å². The van der Waals surface area contributed by atoms with Gasteiger partial charge in [-0.05, 0) is 37.0 Å². The minimum absolute atomic E-state index is 0.365. The number of rotatable bonds is 5. The summed E-state index contributed by atoms with van der Waals surface area (Å²) in [6.07, 6.45) is 2.20. The number of benzene rings is 1.